The summed E-state index contributed by atoms with van der Waals surface area (Å²) in [5.41, 5.74) is 10.6. The molecule has 3 saturated carbocycles. The topological polar surface area (TPSA) is 111 Å². The van der Waals surface area contributed by atoms with Gasteiger partial charge in [0.25, 0.3) is 5.91 Å². The minimum atomic E-state index is -1.20. The van der Waals surface area contributed by atoms with Crippen molar-refractivity contribution >= 4 is 23.2 Å². The summed E-state index contributed by atoms with van der Waals surface area (Å²) in [5, 5.41) is 14.4. The fraction of sp³-hybridized carbons (Fsp3) is 0.588. The Kier molecular flexibility index (Phi) is 3.33. The summed E-state index contributed by atoms with van der Waals surface area (Å²) in [7, 11) is 0. The number of benzene rings is 1. The number of ether oxygens (including phenoxy) is 1. The van der Waals surface area contributed by atoms with E-state index in [9.17, 15) is 9.90 Å². The predicted octanol–water partition coefficient (Wildman–Crippen LogP) is 1.39. The van der Waals surface area contributed by atoms with E-state index in [0.29, 0.717) is 42.9 Å². The molecule has 130 valence electrons. The van der Waals surface area contributed by atoms with Gasteiger partial charge in [-0.2, -0.15) is 0 Å². The first-order valence-corrected chi connectivity index (χ1v) is 8.67. The lowest BCUT2D eigenvalue weighted by Crippen LogP contribution is -2.73. The standard InChI is InChI=1S/C17H22ClN3O3/c18-10-1-2-12-11(7-10)21-9-17(24-12,14(19)23)15-3-5-16(20,6-4-15)13(22)8-15/h1-2,7,13,21-22H,3-6,8-9,20H2,(H2,19,23)/t13-,15?,16?,17?/m0/s1. The van der Waals surface area contributed by atoms with Gasteiger partial charge in [-0.3, -0.25) is 4.79 Å². The van der Waals surface area contributed by atoms with Crippen molar-refractivity contribution in [2.45, 2.75) is 49.3 Å². The molecule has 3 fully saturated rings. The molecular formula is C17H22ClN3O3. The number of halogens is 1. The van der Waals surface area contributed by atoms with Crippen molar-refractivity contribution in [2.75, 3.05) is 11.9 Å². The maximum absolute atomic E-state index is 12.5. The maximum atomic E-state index is 12.5. The number of nitrogens with one attached hydrogen (secondary N) is 1. The van der Waals surface area contributed by atoms with Crippen molar-refractivity contribution < 1.29 is 14.6 Å². The number of nitrogens with two attached hydrogens (primary N) is 2. The SMILES string of the molecule is NC(=O)C1(C23CCC(N)(CC2)[C@@H](O)C3)CNc2cc(Cl)ccc2O1. The molecule has 3 aliphatic carbocycles. The molecule has 7 heteroatoms. The summed E-state index contributed by atoms with van der Waals surface area (Å²) in [6.07, 6.45) is 2.55. The van der Waals surface area contributed by atoms with Crippen LogP contribution in [0.3, 0.4) is 0 Å². The Morgan fingerprint density at radius 3 is 2.67 bits per heavy atom. The van der Waals surface area contributed by atoms with Crippen LogP contribution in [-0.4, -0.2) is 34.8 Å². The summed E-state index contributed by atoms with van der Waals surface area (Å²) in [6, 6.07) is 5.23. The lowest BCUT2D eigenvalue weighted by Gasteiger charge is -2.60. The molecule has 1 aromatic carbocycles. The molecule has 5 rings (SSSR count). The van der Waals surface area contributed by atoms with E-state index in [-0.39, 0.29) is 6.54 Å². The molecule has 6 nitrogen and oxygen atoms in total. The van der Waals surface area contributed by atoms with E-state index in [4.69, 9.17) is 27.8 Å². The summed E-state index contributed by atoms with van der Waals surface area (Å²) in [4.78, 5) is 12.5. The van der Waals surface area contributed by atoms with Crippen molar-refractivity contribution in [3.8, 4) is 5.75 Å². The van der Waals surface area contributed by atoms with Crippen LogP contribution in [0.15, 0.2) is 18.2 Å². The van der Waals surface area contributed by atoms with Crippen molar-refractivity contribution in [2.24, 2.45) is 16.9 Å². The van der Waals surface area contributed by atoms with Crippen LogP contribution in [0.1, 0.15) is 32.1 Å². The fourth-order valence-corrected chi connectivity index (χ4v) is 4.91. The Morgan fingerprint density at radius 1 is 1.33 bits per heavy atom. The molecule has 1 unspecified atom stereocenters. The van der Waals surface area contributed by atoms with Crippen molar-refractivity contribution in [3.05, 3.63) is 23.2 Å². The highest BCUT2D eigenvalue weighted by atomic mass is 35.5. The summed E-state index contributed by atoms with van der Waals surface area (Å²) in [6.45, 7) is 0.264. The Morgan fingerprint density at radius 2 is 2.04 bits per heavy atom. The van der Waals surface area contributed by atoms with Crippen LogP contribution < -0.4 is 21.5 Å². The highest BCUT2D eigenvalue weighted by molar-refractivity contribution is 6.31. The first kappa shape index (κ1) is 16.0. The molecular weight excluding hydrogens is 330 g/mol. The number of carbonyl (C=O) groups is 1. The minimum Gasteiger partial charge on any atom is -0.473 e. The van der Waals surface area contributed by atoms with Gasteiger partial charge in [0.05, 0.1) is 18.3 Å². The summed E-state index contributed by atoms with van der Waals surface area (Å²) < 4.78 is 6.23. The van der Waals surface area contributed by atoms with Gasteiger partial charge in [0, 0.05) is 16.0 Å². The summed E-state index contributed by atoms with van der Waals surface area (Å²) in [5.74, 6) is 0.0534. The van der Waals surface area contributed by atoms with Crippen molar-refractivity contribution in [1.82, 2.24) is 0 Å². The van der Waals surface area contributed by atoms with Gasteiger partial charge >= 0.3 is 0 Å². The molecule has 24 heavy (non-hydrogen) atoms. The zero-order valence-electron chi connectivity index (χ0n) is 13.3. The van der Waals surface area contributed by atoms with E-state index < -0.39 is 28.6 Å². The molecule has 1 heterocycles. The van der Waals surface area contributed by atoms with Crippen LogP contribution >= 0.6 is 11.6 Å². The Bertz CT molecular complexity index is 702. The number of rotatable bonds is 2. The number of aliphatic hydroxyl groups is 1. The third-order valence-corrected chi connectivity index (χ3v) is 6.63. The largest absolute Gasteiger partial charge is 0.473 e. The highest BCUT2D eigenvalue weighted by Gasteiger charge is 2.65. The number of anilines is 1. The highest BCUT2D eigenvalue weighted by Crippen LogP contribution is 2.58. The van der Waals surface area contributed by atoms with Gasteiger partial charge < -0.3 is 26.6 Å². The smallest absolute Gasteiger partial charge is 0.264 e. The molecule has 0 radical (unpaired) electrons. The maximum Gasteiger partial charge on any atom is 0.264 e. The molecule has 4 aliphatic rings. The Labute approximate surface area is 145 Å². The normalized spacial score (nSPS) is 40.4. The van der Waals surface area contributed by atoms with E-state index in [1.54, 1.807) is 18.2 Å². The molecule has 2 atom stereocenters. The van der Waals surface area contributed by atoms with E-state index in [1.165, 1.54) is 0 Å². The molecule has 1 aromatic rings. The Hall–Kier alpha value is -1.50. The van der Waals surface area contributed by atoms with Gasteiger partial charge in [0.2, 0.25) is 5.60 Å². The third kappa shape index (κ3) is 2.00. The van der Waals surface area contributed by atoms with Gasteiger partial charge in [-0.25, -0.2) is 0 Å². The monoisotopic (exact) mass is 351 g/mol. The zero-order chi connectivity index (χ0) is 17.2. The first-order chi connectivity index (χ1) is 11.3. The Balaban J connectivity index is 1.76. The predicted molar refractivity (Wildman–Crippen MR) is 90.9 cm³/mol. The molecule has 0 saturated heterocycles. The second-order valence-electron chi connectivity index (χ2n) is 7.52. The van der Waals surface area contributed by atoms with Crippen LogP contribution in [0.4, 0.5) is 5.69 Å². The lowest BCUT2D eigenvalue weighted by molar-refractivity contribution is -0.174. The van der Waals surface area contributed by atoms with E-state index in [2.05, 4.69) is 5.32 Å². The number of hydrogen-bond acceptors (Lipinski definition) is 5. The number of aliphatic hydroxyl groups excluding tert-OH is 1. The average molecular weight is 352 g/mol. The number of amides is 1. The fourth-order valence-electron chi connectivity index (χ4n) is 4.74. The van der Waals surface area contributed by atoms with E-state index in [1.807, 2.05) is 0 Å². The number of carbonyl (C=O) groups excluding carboxylic acids is 1. The van der Waals surface area contributed by atoms with Crippen LogP contribution in [-0.2, 0) is 4.79 Å². The van der Waals surface area contributed by atoms with Crippen LogP contribution in [0.5, 0.6) is 5.75 Å². The molecule has 1 aliphatic heterocycles. The number of hydrogen-bond donors (Lipinski definition) is 4. The zero-order valence-corrected chi connectivity index (χ0v) is 14.1. The van der Waals surface area contributed by atoms with Gasteiger partial charge in [0.1, 0.15) is 5.75 Å². The number of fused-ring (bicyclic) bond motifs is 4. The second kappa shape index (κ2) is 5.00. The van der Waals surface area contributed by atoms with Crippen molar-refractivity contribution in [1.29, 1.82) is 0 Å². The van der Waals surface area contributed by atoms with Crippen molar-refractivity contribution in [3.63, 3.8) is 0 Å². The first-order valence-electron chi connectivity index (χ1n) is 8.30. The molecule has 6 N–H and O–H groups in total. The minimum absolute atomic E-state index is 0.264. The molecule has 0 spiro atoms. The lowest BCUT2D eigenvalue weighted by atomic mass is 9.50. The second-order valence-corrected chi connectivity index (χ2v) is 7.96. The summed E-state index contributed by atoms with van der Waals surface area (Å²) >= 11 is 6.02. The number of primary amides is 1. The van der Waals surface area contributed by atoms with Gasteiger partial charge in [0.15, 0.2) is 0 Å². The average Bonchev–Trinajstić information content (AvgIpc) is 2.55. The van der Waals surface area contributed by atoms with Gasteiger partial charge in [-0.1, -0.05) is 11.6 Å². The van der Waals surface area contributed by atoms with Gasteiger partial charge in [-0.15, -0.1) is 0 Å². The molecule has 0 aromatic heterocycles. The van der Waals surface area contributed by atoms with Crippen LogP contribution in [0.2, 0.25) is 5.02 Å². The quantitative estimate of drug-likeness (QED) is 0.643. The third-order valence-electron chi connectivity index (χ3n) is 6.39. The van der Waals surface area contributed by atoms with Crippen LogP contribution in [0.25, 0.3) is 0 Å². The molecule has 1 amide bonds. The molecule has 2 bridgehead atoms. The van der Waals surface area contributed by atoms with E-state index >= 15 is 0 Å². The van der Waals surface area contributed by atoms with Crippen LogP contribution in [0, 0.1) is 5.41 Å². The van der Waals surface area contributed by atoms with E-state index in [0.717, 1.165) is 5.69 Å². The van der Waals surface area contributed by atoms with Gasteiger partial charge in [-0.05, 0) is 50.3 Å².